The van der Waals surface area contributed by atoms with Crippen molar-refractivity contribution in [3.05, 3.63) is 93.2 Å². The van der Waals surface area contributed by atoms with Gasteiger partial charge in [-0.05, 0) is 37.6 Å². The molecule has 0 atom stereocenters. The molecule has 0 saturated carbocycles. The van der Waals surface area contributed by atoms with Crippen LogP contribution in [0.15, 0.2) is 71.5 Å². The third-order valence-electron chi connectivity index (χ3n) is 4.95. The molecule has 4 rings (SSSR count). The first kappa shape index (κ1) is 19.9. The van der Waals surface area contributed by atoms with Crippen LogP contribution in [0.5, 0.6) is 0 Å². The zero-order chi connectivity index (χ0) is 21.3. The highest BCUT2D eigenvalue weighted by molar-refractivity contribution is 6.33. The number of nitrogens with one attached hydrogen (secondary N) is 1. The standard InChI is InChI=1S/C24H20ClN3O2/c1-15-11-12-17(16(2)13-15)23-18-7-3-4-8-19(18)24(30)28(27-23)14-22(29)26-21-10-6-5-9-20(21)25/h3-13H,14H2,1-2H3,(H,26,29). The molecule has 1 N–H and O–H groups in total. The molecule has 0 spiro atoms. The summed E-state index contributed by atoms with van der Waals surface area (Å²) in [6, 6.07) is 20.4. The van der Waals surface area contributed by atoms with Crippen molar-refractivity contribution in [3.63, 3.8) is 0 Å². The fourth-order valence-electron chi connectivity index (χ4n) is 3.51. The first-order valence-electron chi connectivity index (χ1n) is 9.56. The van der Waals surface area contributed by atoms with Crippen LogP contribution in [0.25, 0.3) is 22.0 Å². The number of anilines is 1. The lowest BCUT2D eigenvalue weighted by Gasteiger charge is -2.13. The number of aromatic nitrogens is 2. The number of hydrogen-bond donors (Lipinski definition) is 1. The monoisotopic (exact) mass is 417 g/mol. The number of halogens is 1. The average Bonchev–Trinajstić information content (AvgIpc) is 2.72. The number of rotatable bonds is 4. The van der Waals surface area contributed by atoms with Gasteiger partial charge in [-0.25, -0.2) is 4.68 Å². The lowest BCUT2D eigenvalue weighted by atomic mass is 9.99. The van der Waals surface area contributed by atoms with Crippen molar-refractivity contribution in [3.8, 4) is 11.3 Å². The van der Waals surface area contributed by atoms with Gasteiger partial charge in [-0.3, -0.25) is 9.59 Å². The zero-order valence-corrected chi connectivity index (χ0v) is 17.4. The lowest BCUT2D eigenvalue weighted by Crippen LogP contribution is -2.30. The van der Waals surface area contributed by atoms with Crippen LogP contribution in [0.4, 0.5) is 5.69 Å². The number of para-hydroxylation sites is 1. The molecule has 0 radical (unpaired) electrons. The summed E-state index contributed by atoms with van der Waals surface area (Å²) in [6.07, 6.45) is 0. The summed E-state index contributed by atoms with van der Waals surface area (Å²) in [4.78, 5) is 25.6. The molecule has 1 aromatic heterocycles. The van der Waals surface area contributed by atoms with E-state index >= 15 is 0 Å². The van der Waals surface area contributed by atoms with Gasteiger partial charge >= 0.3 is 0 Å². The Hall–Kier alpha value is -3.44. The van der Waals surface area contributed by atoms with E-state index in [4.69, 9.17) is 11.6 Å². The maximum atomic E-state index is 13.0. The molecule has 1 amide bonds. The summed E-state index contributed by atoms with van der Waals surface area (Å²) in [5.74, 6) is -0.375. The van der Waals surface area contributed by atoms with Crippen molar-refractivity contribution in [2.24, 2.45) is 0 Å². The molecular formula is C24H20ClN3O2. The maximum Gasteiger partial charge on any atom is 0.275 e. The van der Waals surface area contributed by atoms with Crippen LogP contribution in [0.3, 0.4) is 0 Å². The molecule has 3 aromatic carbocycles. The highest BCUT2D eigenvalue weighted by Gasteiger charge is 2.16. The van der Waals surface area contributed by atoms with Crippen LogP contribution < -0.4 is 10.9 Å². The third kappa shape index (κ3) is 3.84. The molecule has 0 saturated heterocycles. The van der Waals surface area contributed by atoms with E-state index < -0.39 is 0 Å². The number of hydrogen-bond acceptors (Lipinski definition) is 3. The molecule has 1 heterocycles. The van der Waals surface area contributed by atoms with Gasteiger partial charge in [-0.2, -0.15) is 5.10 Å². The summed E-state index contributed by atoms with van der Waals surface area (Å²) in [5, 5.41) is 9.03. The predicted octanol–water partition coefficient (Wildman–Crippen LogP) is 4.97. The van der Waals surface area contributed by atoms with Gasteiger partial charge in [0, 0.05) is 10.9 Å². The highest BCUT2D eigenvalue weighted by atomic mass is 35.5. The van der Waals surface area contributed by atoms with Crippen LogP contribution in [0.2, 0.25) is 5.02 Å². The van der Waals surface area contributed by atoms with E-state index in [1.54, 1.807) is 30.3 Å². The highest BCUT2D eigenvalue weighted by Crippen LogP contribution is 2.28. The van der Waals surface area contributed by atoms with Crippen molar-refractivity contribution in [1.29, 1.82) is 0 Å². The Morgan fingerprint density at radius 2 is 1.70 bits per heavy atom. The van der Waals surface area contributed by atoms with Crippen LogP contribution in [-0.2, 0) is 11.3 Å². The van der Waals surface area contributed by atoms with Gasteiger partial charge in [0.05, 0.1) is 21.8 Å². The number of amides is 1. The molecule has 5 nitrogen and oxygen atoms in total. The first-order chi connectivity index (χ1) is 14.4. The Labute approximate surface area is 178 Å². The lowest BCUT2D eigenvalue weighted by molar-refractivity contribution is -0.117. The van der Waals surface area contributed by atoms with Gasteiger partial charge in [0.2, 0.25) is 5.91 Å². The molecule has 4 aromatic rings. The number of aryl methyl sites for hydroxylation is 2. The summed E-state index contributed by atoms with van der Waals surface area (Å²) in [7, 11) is 0. The van der Waals surface area contributed by atoms with E-state index in [2.05, 4.69) is 16.5 Å². The van der Waals surface area contributed by atoms with E-state index in [0.717, 1.165) is 22.1 Å². The molecule has 0 aliphatic heterocycles. The quantitative estimate of drug-likeness (QED) is 0.509. The fraction of sp³-hybridized carbons (Fsp3) is 0.125. The molecule has 0 fully saturated rings. The zero-order valence-electron chi connectivity index (χ0n) is 16.6. The second-order valence-corrected chi connectivity index (χ2v) is 7.61. The van der Waals surface area contributed by atoms with Crippen molar-refractivity contribution >= 4 is 34.0 Å². The van der Waals surface area contributed by atoms with Gasteiger partial charge in [-0.15, -0.1) is 0 Å². The van der Waals surface area contributed by atoms with E-state index in [1.807, 2.05) is 44.2 Å². The average molecular weight is 418 g/mol. The second kappa shape index (κ2) is 8.13. The van der Waals surface area contributed by atoms with Gasteiger partial charge in [0.1, 0.15) is 6.54 Å². The number of nitrogens with zero attached hydrogens (tertiary/aromatic N) is 2. The number of benzene rings is 3. The largest absolute Gasteiger partial charge is 0.323 e. The molecule has 6 heteroatoms. The van der Waals surface area contributed by atoms with E-state index in [1.165, 1.54) is 4.68 Å². The molecule has 0 bridgehead atoms. The fourth-order valence-corrected chi connectivity index (χ4v) is 3.69. The predicted molar refractivity (Wildman–Crippen MR) is 121 cm³/mol. The summed E-state index contributed by atoms with van der Waals surface area (Å²) in [6.45, 7) is 3.83. The van der Waals surface area contributed by atoms with Crippen molar-refractivity contribution in [1.82, 2.24) is 9.78 Å². The van der Waals surface area contributed by atoms with Crippen LogP contribution in [0.1, 0.15) is 11.1 Å². The van der Waals surface area contributed by atoms with E-state index in [9.17, 15) is 9.59 Å². The molecular weight excluding hydrogens is 398 g/mol. The topological polar surface area (TPSA) is 64.0 Å². The summed E-state index contributed by atoms with van der Waals surface area (Å²) in [5.41, 5.74) is 3.98. The Morgan fingerprint density at radius 1 is 1.00 bits per heavy atom. The molecule has 30 heavy (non-hydrogen) atoms. The Balaban J connectivity index is 1.79. The summed E-state index contributed by atoms with van der Waals surface area (Å²) < 4.78 is 1.21. The first-order valence-corrected chi connectivity index (χ1v) is 9.93. The van der Waals surface area contributed by atoms with Crippen molar-refractivity contribution in [2.45, 2.75) is 20.4 Å². The molecule has 0 aliphatic rings. The number of carbonyl (C=O) groups is 1. The Kier molecular flexibility index (Phi) is 5.38. The Morgan fingerprint density at radius 3 is 2.43 bits per heavy atom. The van der Waals surface area contributed by atoms with Crippen molar-refractivity contribution in [2.75, 3.05) is 5.32 Å². The smallest absolute Gasteiger partial charge is 0.275 e. The Bertz CT molecular complexity index is 1330. The van der Waals surface area contributed by atoms with Gasteiger partial charge in [-0.1, -0.05) is 65.7 Å². The van der Waals surface area contributed by atoms with Gasteiger partial charge in [0.25, 0.3) is 5.56 Å². The molecule has 150 valence electrons. The number of carbonyl (C=O) groups excluding carboxylic acids is 1. The normalized spacial score (nSPS) is 10.9. The third-order valence-corrected chi connectivity index (χ3v) is 5.28. The van der Waals surface area contributed by atoms with Gasteiger partial charge < -0.3 is 5.32 Å². The minimum absolute atomic E-state index is 0.215. The molecule has 0 unspecified atom stereocenters. The van der Waals surface area contributed by atoms with E-state index in [0.29, 0.717) is 21.8 Å². The van der Waals surface area contributed by atoms with Crippen LogP contribution in [-0.4, -0.2) is 15.7 Å². The maximum absolute atomic E-state index is 13.0. The second-order valence-electron chi connectivity index (χ2n) is 7.20. The van der Waals surface area contributed by atoms with Gasteiger partial charge in [0.15, 0.2) is 0 Å². The van der Waals surface area contributed by atoms with Crippen LogP contribution >= 0.6 is 11.6 Å². The molecule has 0 aliphatic carbocycles. The number of fused-ring (bicyclic) bond motifs is 1. The summed E-state index contributed by atoms with van der Waals surface area (Å²) >= 11 is 6.12. The van der Waals surface area contributed by atoms with Crippen molar-refractivity contribution < 1.29 is 4.79 Å². The van der Waals surface area contributed by atoms with Crippen LogP contribution in [0, 0.1) is 13.8 Å². The van der Waals surface area contributed by atoms with E-state index in [-0.39, 0.29) is 18.0 Å². The minimum Gasteiger partial charge on any atom is -0.323 e. The SMILES string of the molecule is Cc1ccc(-c2nn(CC(=O)Nc3ccccc3Cl)c(=O)c3ccccc23)c(C)c1. The minimum atomic E-state index is -0.375.